The van der Waals surface area contributed by atoms with Crippen molar-refractivity contribution in [2.75, 3.05) is 6.54 Å². The van der Waals surface area contributed by atoms with E-state index in [1.54, 1.807) is 40.9 Å². The van der Waals surface area contributed by atoms with Crippen LogP contribution in [-0.2, 0) is 6.54 Å². The number of pyridine rings is 1. The van der Waals surface area contributed by atoms with Crippen molar-refractivity contribution in [2.24, 2.45) is 0 Å². The van der Waals surface area contributed by atoms with Crippen LogP contribution in [0.25, 0.3) is 5.52 Å². The van der Waals surface area contributed by atoms with Crippen molar-refractivity contribution in [1.82, 2.24) is 20.0 Å². The number of hydrogen-bond donors (Lipinski definition) is 2. The fourth-order valence-corrected chi connectivity index (χ4v) is 2.71. The predicted octanol–water partition coefficient (Wildman–Crippen LogP) is 2.83. The van der Waals surface area contributed by atoms with Crippen LogP contribution in [0.5, 0.6) is 0 Å². The standard InChI is InChI=1S/C19H17ClN4O2/c1-2-10-21-19(26)17-23-16(15-9-5-6-11-24(15)17)18(25)22-12-13-7-3-4-8-14(13)20/h2-9,11H,1,10,12H2,(H,21,26)(H,22,25). The number of halogens is 1. The van der Waals surface area contributed by atoms with Gasteiger partial charge in [-0.3, -0.25) is 14.0 Å². The second-order valence-corrected chi connectivity index (χ2v) is 5.92. The molecule has 2 aromatic heterocycles. The van der Waals surface area contributed by atoms with Gasteiger partial charge in [-0.25, -0.2) is 4.98 Å². The molecule has 0 spiro atoms. The van der Waals surface area contributed by atoms with Crippen molar-refractivity contribution in [1.29, 1.82) is 0 Å². The van der Waals surface area contributed by atoms with Gasteiger partial charge >= 0.3 is 0 Å². The van der Waals surface area contributed by atoms with Crippen molar-refractivity contribution in [3.8, 4) is 0 Å². The number of carbonyl (C=O) groups is 2. The Morgan fingerprint density at radius 2 is 1.88 bits per heavy atom. The molecule has 0 atom stereocenters. The largest absolute Gasteiger partial charge is 0.346 e. The van der Waals surface area contributed by atoms with Crippen molar-refractivity contribution in [2.45, 2.75) is 6.54 Å². The van der Waals surface area contributed by atoms with Gasteiger partial charge in [0, 0.05) is 24.3 Å². The number of rotatable bonds is 6. The van der Waals surface area contributed by atoms with Crippen molar-refractivity contribution >= 4 is 28.9 Å². The van der Waals surface area contributed by atoms with E-state index in [1.165, 1.54) is 0 Å². The smallest absolute Gasteiger partial charge is 0.287 e. The summed E-state index contributed by atoms with van der Waals surface area (Å²) in [4.78, 5) is 29.1. The molecule has 7 heteroatoms. The maximum absolute atomic E-state index is 12.6. The first-order valence-corrected chi connectivity index (χ1v) is 8.37. The molecule has 6 nitrogen and oxygen atoms in total. The number of aromatic nitrogens is 2. The summed E-state index contributed by atoms with van der Waals surface area (Å²) in [5.74, 6) is -0.613. The third kappa shape index (κ3) is 3.60. The first kappa shape index (κ1) is 17.7. The summed E-state index contributed by atoms with van der Waals surface area (Å²) in [6, 6.07) is 12.6. The van der Waals surface area contributed by atoms with Gasteiger partial charge in [0.25, 0.3) is 11.8 Å². The summed E-state index contributed by atoms with van der Waals surface area (Å²) in [6.07, 6.45) is 3.26. The van der Waals surface area contributed by atoms with Crippen LogP contribution in [0.15, 0.2) is 61.3 Å². The highest BCUT2D eigenvalue weighted by molar-refractivity contribution is 6.31. The van der Waals surface area contributed by atoms with Gasteiger partial charge in [-0.1, -0.05) is 41.9 Å². The van der Waals surface area contributed by atoms with Gasteiger partial charge in [-0.05, 0) is 23.8 Å². The van der Waals surface area contributed by atoms with Crippen LogP contribution >= 0.6 is 11.6 Å². The first-order valence-electron chi connectivity index (χ1n) is 7.99. The van der Waals surface area contributed by atoms with Gasteiger partial charge in [-0.15, -0.1) is 6.58 Å². The Morgan fingerprint density at radius 1 is 1.12 bits per heavy atom. The maximum atomic E-state index is 12.6. The summed E-state index contributed by atoms with van der Waals surface area (Å²) in [5, 5.41) is 6.04. The monoisotopic (exact) mass is 368 g/mol. The Bertz CT molecular complexity index is 981. The molecule has 132 valence electrons. The van der Waals surface area contributed by atoms with Gasteiger partial charge in [0.05, 0.1) is 5.52 Å². The number of nitrogens with zero attached hydrogens (tertiary/aromatic N) is 2. The molecular weight excluding hydrogens is 352 g/mol. The fraction of sp³-hybridized carbons (Fsp3) is 0.105. The van der Waals surface area contributed by atoms with Crippen LogP contribution < -0.4 is 10.6 Å². The number of imidazole rings is 1. The van der Waals surface area contributed by atoms with E-state index in [0.717, 1.165) is 5.56 Å². The zero-order valence-electron chi connectivity index (χ0n) is 13.9. The summed E-state index contributed by atoms with van der Waals surface area (Å²) in [7, 11) is 0. The molecule has 0 radical (unpaired) electrons. The van der Waals surface area contributed by atoms with Gasteiger partial charge in [0.15, 0.2) is 5.69 Å². The Hall–Kier alpha value is -3.12. The van der Waals surface area contributed by atoms with Gasteiger partial charge < -0.3 is 10.6 Å². The Kier molecular flexibility index (Phi) is 5.34. The lowest BCUT2D eigenvalue weighted by Gasteiger charge is -2.05. The average molecular weight is 369 g/mol. The highest BCUT2D eigenvalue weighted by Gasteiger charge is 2.21. The summed E-state index contributed by atoms with van der Waals surface area (Å²) in [6.45, 7) is 4.15. The van der Waals surface area contributed by atoms with Crippen LogP contribution in [0.4, 0.5) is 0 Å². The minimum Gasteiger partial charge on any atom is -0.346 e. The molecule has 3 rings (SSSR count). The molecule has 2 N–H and O–H groups in total. The van der Waals surface area contributed by atoms with E-state index in [0.29, 0.717) is 17.1 Å². The summed E-state index contributed by atoms with van der Waals surface area (Å²) >= 11 is 6.11. The number of carbonyl (C=O) groups excluding carboxylic acids is 2. The maximum Gasteiger partial charge on any atom is 0.287 e. The quantitative estimate of drug-likeness (QED) is 0.657. The second kappa shape index (κ2) is 7.84. The van der Waals surface area contributed by atoms with Crippen LogP contribution in [0.2, 0.25) is 5.02 Å². The number of fused-ring (bicyclic) bond motifs is 1. The number of nitrogens with one attached hydrogen (secondary N) is 2. The van der Waals surface area contributed by atoms with E-state index in [2.05, 4.69) is 22.2 Å². The number of hydrogen-bond acceptors (Lipinski definition) is 3. The molecule has 1 aromatic carbocycles. The SMILES string of the molecule is C=CCNC(=O)c1nc(C(=O)NCc2ccccc2Cl)c2ccccn12. The molecular formula is C19H17ClN4O2. The summed E-state index contributed by atoms with van der Waals surface area (Å²) < 4.78 is 1.59. The Labute approximate surface area is 155 Å². The zero-order chi connectivity index (χ0) is 18.5. The minimum atomic E-state index is -0.378. The van der Waals surface area contributed by atoms with Crippen LogP contribution in [0, 0.1) is 0 Å². The molecule has 2 amide bonds. The first-order chi connectivity index (χ1) is 12.6. The van der Waals surface area contributed by atoms with Crippen LogP contribution in [0.3, 0.4) is 0 Å². The number of amides is 2. The zero-order valence-corrected chi connectivity index (χ0v) is 14.7. The average Bonchev–Trinajstić information content (AvgIpc) is 3.05. The Balaban J connectivity index is 1.87. The molecule has 0 saturated carbocycles. The lowest BCUT2D eigenvalue weighted by atomic mass is 10.2. The Morgan fingerprint density at radius 3 is 2.65 bits per heavy atom. The predicted molar refractivity (Wildman–Crippen MR) is 100 cm³/mol. The third-order valence-electron chi connectivity index (χ3n) is 3.77. The van der Waals surface area contributed by atoms with E-state index in [9.17, 15) is 9.59 Å². The molecule has 0 aliphatic carbocycles. The van der Waals surface area contributed by atoms with E-state index >= 15 is 0 Å². The lowest BCUT2D eigenvalue weighted by molar-refractivity contribution is 0.0946. The topological polar surface area (TPSA) is 75.5 Å². The molecule has 0 aliphatic heterocycles. The number of benzene rings is 1. The second-order valence-electron chi connectivity index (χ2n) is 5.51. The molecule has 0 aliphatic rings. The fourth-order valence-electron chi connectivity index (χ4n) is 2.51. The molecule has 0 saturated heterocycles. The lowest BCUT2D eigenvalue weighted by Crippen LogP contribution is -2.26. The normalized spacial score (nSPS) is 10.5. The molecule has 26 heavy (non-hydrogen) atoms. The molecule has 0 unspecified atom stereocenters. The minimum absolute atomic E-state index is 0.144. The third-order valence-corrected chi connectivity index (χ3v) is 4.14. The van der Waals surface area contributed by atoms with Crippen LogP contribution in [0.1, 0.15) is 26.7 Å². The van der Waals surface area contributed by atoms with Crippen molar-refractivity contribution < 1.29 is 9.59 Å². The molecule has 0 bridgehead atoms. The highest BCUT2D eigenvalue weighted by atomic mass is 35.5. The molecule has 0 fully saturated rings. The van der Waals surface area contributed by atoms with Crippen molar-refractivity contribution in [3.63, 3.8) is 0 Å². The summed E-state index contributed by atoms with van der Waals surface area (Å²) in [5.41, 5.74) is 1.53. The highest BCUT2D eigenvalue weighted by Crippen LogP contribution is 2.16. The van der Waals surface area contributed by atoms with Crippen molar-refractivity contribution in [3.05, 3.63) is 83.4 Å². The van der Waals surface area contributed by atoms with Gasteiger partial charge in [-0.2, -0.15) is 0 Å². The van der Waals surface area contributed by atoms with E-state index in [1.807, 2.05) is 18.2 Å². The molecule has 2 heterocycles. The van der Waals surface area contributed by atoms with Crippen LogP contribution in [-0.4, -0.2) is 27.7 Å². The van der Waals surface area contributed by atoms with E-state index in [4.69, 9.17) is 11.6 Å². The van der Waals surface area contributed by atoms with E-state index < -0.39 is 0 Å². The molecule has 3 aromatic rings. The van der Waals surface area contributed by atoms with E-state index in [-0.39, 0.29) is 29.9 Å². The van der Waals surface area contributed by atoms with Gasteiger partial charge in [0.2, 0.25) is 5.82 Å². The van der Waals surface area contributed by atoms with Gasteiger partial charge in [0.1, 0.15) is 0 Å².